The van der Waals surface area contributed by atoms with E-state index in [1.807, 2.05) is 42.3 Å². The molecule has 1 aliphatic carbocycles. The van der Waals surface area contributed by atoms with Gasteiger partial charge in [0.1, 0.15) is 0 Å². The van der Waals surface area contributed by atoms with E-state index < -0.39 is 0 Å². The lowest BCUT2D eigenvalue weighted by molar-refractivity contribution is -0.141. The average Bonchev–Trinajstić information content (AvgIpc) is 2.53. The predicted molar refractivity (Wildman–Crippen MR) is 86.5 cm³/mol. The van der Waals surface area contributed by atoms with Crippen molar-refractivity contribution in [1.82, 2.24) is 4.90 Å². The lowest BCUT2D eigenvalue weighted by atomic mass is 9.83. The van der Waals surface area contributed by atoms with Gasteiger partial charge in [-0.25, -0.2) is 0 Å². The summed E-state index contributed by atoms with van der Waals surface area (Å²) in [6, 6.07) is 9.74. The maximum atomic E-state index is 12.6. The van der Waals surface area contributed by atoms with Crippen molar-refractivity contribution in [2.45, 2.75) is 32.1 Å². The maximum absolute atomic E-state index is 12.6. The van der Waals surface area contributed by atoms with Gasteiger partial charge in [-0.05, 0) is 37.8 Å². The zero-order valence-electron chi connectivity index (χ0n) is 13.2. The largest absolute Gasteiger partial charge is 0.342 e. The van der Waals surface area contributed by atoms with E-state index >= 15 is 0 Å². The molecule has 1 aromatic rings. The van der Waals surface area contributed by atoms with E-state index in [-0.39, 0.29) is 17.7 Å². The van der Waals surface area contributed by atoms with Gasteiger partial charge in [-0.3, -0.25) is 9.59 Å². The van der Waals surface area contributed by atoms with Gasteiger partial charge < -0.3 is 9.80 Å². The first-order valence-corrected chi connectivity index (χ1v) is 8.28. The number of hydrogen-bond acceptors (Lipinski definition) is 2. The van der Waals surface area contributed by atoms with Crippen LogP contribution in [0, 0.1) is 11.8 Å². The standard InChI is InChI=1S/C18H24N2O2/c1-19(16-8-3-2-4-9-16)17(21)15-10-12-20(13-11-15)18(22)14-6-5-7-14/h2-4,8-9,14-15H,5-7,10-13H2,1H3. The third-order valence-electron chi connectivity index (χ3n) is 5.08. The van der Waals surface area contributed by atoms with Crippen molar-refractivity contribution in [2.24, 2.45) is 11.8 Å². The third-order valence-corrected chi connectivity index (χ3v) is 5.08. The molecule has 0 unspecified atom stereocenters. The summed E-state index contributed by atoms with van der Waals surface area (Å²) in [5, 5.41) is 0. The number of nitrogens with zero attached hydrogens (tertiary/aromatic N) is 2. The van der Waals surface area contributed by atoms with Crippen molar-refractivity contribution in [1.29, 1.82) is 0 Å². The quantitative estimate of drug-likeness (QED) is 0.861. The zero-order chi connectivity index (χ0) is 15.5. The van der Waals surface area contributed by atoms with E-state index in [9.17, 15) is 9.59 Å². The fraction of sp³-hybridized carbons (Fsp3) is 0.556. The van der Waals surface area contributed by atoms with Gasteiger partial charge in [0, 0.05) is 37.7 Å². The minimum atomic E-state index is 0.0376. The van der Waals surface area contributed by atoms with E-state index in [0.717, 1.165) is 44.5 Å². The molecule has 1 aliphatic heterocycles. The first kappa shape index (κ1) is 15.1. The van der Waals surface area contributed by atoms with Crippen LogP contribution in [-0.2, 0) is 9.59 Å². The van der Waals surface area contributed by atoms with Crippen molar-refractivity contribution in [3.05, 3.63) is 30.3 Å². The summed E-state index contributed by atoms with van der Waals surface area (Å²) in [7, 11) is 1.84. The third kappa shape index (κ3) is 3.01. The summed E-state index contributed by atoms with van der Waals surface area (Å²) in [5.74, 6) is 0.783. The van der Waals surface area contributed by atoms with Gasteiger partial charge in [-0.15, -0.1) is 0 Å². The van der Waals surface area contributed by atoms with Gasteiger partial charge in [0.2, 0.25) is 11.8 Å². The Kier molecular flexibility index (Phi) is 4.46. The van der Waals surface area contributed by atoms with E-state index in [1.54, 1.807) is 4.90 Å². The van der Waals surface area contributed by atoms with Gasteiger partial charge in [0.05, 0.1) is 0 Å². The molecule has 0 spiro atoms. The highest BCUT2D eigenvalue weighted by molar-refractivity contribution is 5.94. The highest BCUT2D eigenvalue weighted by Crippen LogP contribution is 2.30. The Balaban J connectivity index is 1.54. The molecule has 0 aromatic heterocycles. The minimum absolute atomic E-state index is 0.0376. The highest BCUT2D eigenvalue weighted by atomic mass is 16.2. The van der Waals surface area contributed by atoms with E-state index in [2.05, 4.69) is 0 Å². The van der Waals surface area contributed by atoms with Gasteiger partial charge >= 0.3 is 0 Å². The molecule has 1 aromatic carbocycles. The van der Waals surface area contributed by atoms with Gasteiger partial charge in [-0.2, -0.15) is 0 Å². The number of hydrogen-bond donors (Lipinski definition) is 0. The van der Waals surface area contributed by atoms with Crippen LogP contribution in [0.2, 0.25) is 0 Å². The Hall–Kier alpha value is -1.84. The SMILES string of the molecule is CN(C(=O)C1CCN(C(=O)C2CCC2)CC1)c1ccccc1. The molecule has 1 saturated carbocycles. The highest BCUT2D eigenvalue weighted by Gasteiger charge is 2.34. The number of benzene rings is 1. The number of rotatable bonds is 3. The van der Waals surface area contributed by atoms with E-state index in [0.29, 0.717) is 5.91 Å². The second-order valence-electron chi connectivity index (χ2n) is 6.46. The molecule has 2 fully saturated rings. The fourth-order valence-corrected chi connectivity index (χ4v) is 3.31. The Morgan fingerprint density at radius 3 is 2.18 bits per heavy atom. The van der Waals surface area contributed by atoms with Crippen LogP contribution in [0.1, 0.15) is 32.1 Å². The normalized spacial score (nSPS) is 19.6. The first-order chi connectivity index (χ1) is 10.7. The first-order valence-electron chi connectivity index (χ1n) is 8.28. The summed E-state index contributed by atoms with van der Waals surface area (Å²) in [5.41, 5.74) is 0.931. The Labute approximate surface area is 132 Å². The number of anilines is 1. The molecule has 4 nitrogen and oxygen atoms in total. The van der Waals surface area contributed by atoms with Crippen LogP contribution in [0.4, 0.5) is 5.69 Å². The molecule has 2 amide bonds. The molecule has 3 rings (SSSR count). The monoisotopic (exact) mass is 300 g/mol. The van der Waals surface area contributed by atoms with Gasteiger partial charge in [0.15, 0.2) is 0 Å². The van der Waals surface area contributed by atoms with Crippen molar-refractivity contribution >= 4 is 17.5 Å². The van der Waals surface area contributed by atoms with Crippen LogP contribution < -0.4 is 4.90 Å². The van der Waals surface area contributed by atoms with Crippen molar-refractivity contribution < 1.29 is 9.59 Å². The van der Waals surface area contributed by atoms with Crippen LogP contribution >= 0.6 is 0 Å². The molecular formula is C18H24N2O2. The molecule has 1 saturated heterocycles. The number of carbonyl (C=O) groups is 2. The molecule has 2 aliphatic rings. The van der Waals surface area contributed by atoms with Gasteiger partial charge in [-0.1, -0.05) is 24.6 Å². The Bertz CT molecular complexity index is 531. The number of piperidine rings is 1. The van der Waals surface area contributed by atoms with E-state index in [4.69, 9.17) is 0 Å². The summed E-state index contributed by atoms with van der Waals surface area (Å²) in [6.45, 7) is 1.46. The molecule has 0 atom stereocenters. The minimum Gasteiger partial charge on any atom is -0.342 e. The van der Waals surface area contributed by atoms with Crippen LogP contribution in [-0.4, -0.2) is 36.9 Å². The van der Waals surface area contributed by atoms with Crippen molar-refractivity contribution in [3.8, 4) is 0 Å². The van der Waals surface area contributed by atoms with Crippen LogP contribution in [0.15, 0.2) is 30.3 Å². The smallest absolute Gasteiger partial charge is 0.229 e. The summed E-state index contributed by atoms with van der Waals surface area (Å²) in [4.78, 5) is 28.6. The van der Waals surface area contributed by atoms with Crippen molar-refractivity contribution in [2.75, 3.05) is 25.0 Å². The topological polar surface area (TPSA) is 40.6 Å². The average molecular weight is 300 g/mol. The summed E-state index contributed by atoms with van der Waals surface area (Å²) < 4.78 is 0. The number of amides is 2. The van der Waals surface area contributed by atoms with Crippen molar-refractivity contribution in [3.63, 3.8) is 0 Å². The number of carbonyl (C=O) groups excluding carboxylic acids is 2. The zero-order valence-corrected chi connectivity index (χ0v) is 13.2. The summed E-state index contributed by atoms with van der Waals surface area (Å²) in [6.07, 6.45) is 4.86. The molecule has 0 N–H and O–H groups in total. The predicted octanol–water partition coefficient (Wildman–Crippen LogP) is 2.69. The molecule has 1 heterocycles. The van der Waals surface area contributed by atoms with Crippen LogP contribution in [0.5, 0.6) is 0 Å². The van der Waals surface area contributed by atoms with Gasteiger partial charge in [0.25, 0.3) is 0 Å². The molecule has 118 valence electrons. The molecule has 4 heteroatoms. The molecule has 0 radical (unpaired) electrons. The lowest BCUT2D eigenvalue weighted by Crippen LogP contribution is -2.46. The second kappa shape index (κ2) is 6.51. The Morgan fingerprint density at radius 1 is 1.00 bits per heavy atom. The lowest BCUT2D eigenvalue weighted by Gasteiger charge is -2.37. The number of para-hydroxylation sites is 1. The van der Waals surface area contributed by atoms with Crippen LogP contribution in [0.3, 0.4) is 0 Å². The molecule has 0 bridgehead atoms. The fourth-order valence-electron chi connectivity index (χ4n) is 3.31. The Morgan fingerprint density at radius 2 is 1.64 bits per heavy atom. The molecule has 22 heavy (non-hydrogen) atoms. The summed E-state index contributed by atoms with van der Waals surface area (Å²) >= 11 is 0. The van der Waals surface area contributed by atoms with E-state index in [1.165, 1.54) is 6.42 Å². The second-order valence-corrected chi connectivity index (χ2v) is 6.46. The molecular weight excluding hydrogens is 276 g/mol. The number of likely N-dealkylation sites (tertiary alicyclic amines) is 1. The van der Waals surface area contributed by atoms with Crippen LogP contribution in [0.25, 0.3) is 0 Å². The maximum Gasteiger partial charge on any atom is 0.229 e.